The SMILES string of the molecule is CCOC(=O)C1=C(CN2CCOCC2COC(=O)[C@@H](N)C(C)C)NC(c2nccs2)=NC1c1ccc(F)cc1Br. The summed E-state index contributed by atoms with van der Waals surface area (Å²) in [6.07, 6.45) is 1.67. The van der Waals surface area contributed by atoms with Crippen molar-refractivity contribution in [3.8, 4) is 0 Å². The van der Waals surface area contributed by atoms with Gasteiger partial charge in [0.15, 0.2) is 10.8 Å². The summed E-state index contributed by atoms with van der Waals surface area (Å²) in [5.74, 6) is -0.993. The first-order valence-electron chi connectivity index (χ1n) is 13.0. The third kappa shape index (κ3) is 7.13. The van der Waals surface area contributed by atoms with Gasteiger partial charge < -0.3 is 25.3 Å². The lowest BCUT2D eigenvalue weighted by Gasteiger charge is -2.37. The zero-order valence-electron chi connectivity index (χ0n) is 22.6. The number of amidine groups is 1. The minimum atomic E-state index is -0.787. The average Bonchev–Trinajstić information content (AvgIpc) is 3.47. The Morgan fingerprint density at radius 1 is 1.35 bits per heavy atom. The van der Waals surface area contributed by atoms with Gasteiger partial charge in [-0.1, -0.05) is 35.8 Å². The average molecular weight is 639 g/mol. The van der Waals surface area contributed by atoms with Crippen molar-refractivity contribution in [2.75, 3.05) is 39.5 Å². The van der Waals surface area contributed by atoms with Crippen molar-refractivity contribution < 1.29 is 28.2 Å². The molecule has 3 N–H and O–H groups in total. The van der Waals surface area contributed by atoms with E-state index in [0.29, 0.717) is 51.9 Å². The third-order valence-corrected chi connectivity index (χ3v) is 8.10. The van der Waals surface area contributed by atoms with Gasteiger partial charge in [-0.25, -0.2) is 14.2 Å². The predicted molar refractivity (Wildman–Crippen MR) is 152 cm³/mol. The van der Waals surface area contributed by atoms with E-state index in [4.69, 9.17) is 24.9 Å². The molecule has 4 rings (SSSR count). The van der Waals surface area contributed by atoms with E-state index in [1.807, 2.05) is 19.2 Å². The molecule has 3 heterocycles. The van der Waals surface area contributed by atoms with Gasteiger partial charge in [-0.05, 0) is 30.5 Å². The first-order chi connectivity index (χ1) is 19.2. The molecule has 13 heteroatoms. The quantitative estimate of drug-likeness (QED) is 0.377. The molecule has 1 fully saturated rings. The third-order valence-electron chi connectivity index (χ3n) is 6.63. The molecule has 40 heavy (non-hydrogen) atoms. The molecule has 216 valence electrons. The maximum Gasteiger partial charge on any atom is 0.338 e. The summed E-state index contributed by atoms with van der Waals surface area (Å²) in [5.41, 5.74) is 7.43. The second-order valence-corrected chi connectivity index (χ2v) is 11.5. The zero-order valence-corrected chi connectivity index (χ0v) is 25.0. The van der Waals surface area contributed by atoms with Crippen LogP contribution in [0.1, 0.15) is 37.4 Å². The number of morpholine rings is 1. The molecule has 1 aromatic carbocycles. The minimum absolute atomic E-state index is 0.0544. The Hall–Kier alpha value is -2.71. The Morgan fingerprint density at radius 3 is 2.83 bits per heavy atom. The highest BCUT2D eigenvalue weighted by molar-refractivity contribution is 9.10. The molecule has 3 atom stereocenters. The van der Waals surface area contributed by atoms with Gasteiger partial charge in [0.2, 0.25) is 0 Å². The summed E-state index contributed by atoms with van der Waals surface area (Å²) in [7, 11) is 0. The van der Waals surface area contributed by atoms with Crippen LogP contribution in [0.25, 0.3) is 0 Å². The van der Waals surface area contributed by atoms with Gasteiger partial charge in [-0.15, -0.1) is 11.3 Å². The van der Waals surface area contributed by atoms with Crippen molar-refractivity contribution in [1.29, 1.82) is 0 Å². The van der Waals surface area contributed by atoms with E-state index in [0.717, 1.165) is 0 Å². The van der Waals surface area contributed by atoms with Crippen LogP contribution in [0.2, 0.25) is 0 Å². The number of aromatic nitrogens is 1. The number of benzene rings is 1. The fourth-order valence-electron chi connectivity index (χ4n) is 4.37. The van der Waals surface area contributed by atoms with Crippen molar-refractivity contribution >= 4 is 45.0 Å². The fourth-order valence-corrected chi connectivity index (χ4v) is 5.52. The Balaban J connectivity index is 1.70. The van der Waals surface area contributed by atoms with Crippen LogP contribution in [0.3, 0.4) is 0 Å². The van der Waals surface area contributed by atoms with Gasteiger partial charge in [0.1, 0.15) is 24.5 Å². The van der Waals surface area contributed by atoms with Crippen LogP contribution in [-0.4, -0.2) is 79.3 Å². The first kappa shape index (κ1) is 30.3. The number of rotatable bonds is 10. The number of ether oxygens (including phenoxy) is 3. The summed E-state index contributed by atoms with van der Waals surface area (Å²) < 4.78 is 31.2. The van der Waals surface area contributed by atoms with Crippen LogP contribution < -0.4 is 11.1 Å². The van der Waals surface area contributed by atoms with Crippen LogP contribution in [-0.2, 0) is 23.8 Å². The van der Waals surface area contributed by atoms with E-state index in [1.165, 1.54) is 23.5 Å². The molecule has 2 aliphatic heterocycles. The molecule has 0 saturated carbocycles. The maximum absolute atomic E-state index is 14.0. The lowest BCUT2D eigenvalue weighted by Crippen LogP contribution is -2.51. The van der Waals surface area contributed by atoms with Gasteiger partial charge in [-0.2, -0.15) is 0 Å². The van der Waals surface area contributed by atoms with E-state index >= 15 is 0 Å². The maximum atomic E-state index is 14.0. The highest BCUT2D eigenvalue weighted by atomic mass is 79.9. The van der Waals surface area contributed by atoms with E-state index in [-0.39, 0.29) is 31.7 Å². The number of nitrogens with one attached hydrogen (secondary N) is 1. The molecule has 1 aromatic heterocycles. The number of carbonyl (C=O) groups is 2. The standard InChI is InChI=1S/C27H33BrFN5O5S/c1-4-38-26(35)21-20(12-34-8-9-37-13-17(34)14-39-27(36)22(30)15(2)3)32-24(25-31-7-10-40-25)33-23(21)18-6-5-16(29)11-19(18)28/h5-7,10-11,15,17,22-23H,4,8-9,12-14,30H2,1-3H3,(H,32,33)/t17?,22-,23?/m0/s1. The van der Waals surface area contributed by atoms with Crippen molar-refractivity contribution in [3.63, 3.8) is 0 Å². The lowest BCUT2D eigenvalue weighted by atomic mass is 9.95. The van der Waals surface area contributed by atoms with Gasteiger partial charge in [-0.3, -0.25) is 14.7 Å². The predicted octanol–water partition coefficient (Wildman–Crippen LogP) is 3.18. The number of nitrogens with two attached hydrogens (primary N) is 1. The molecule has 0 aliphatic carbocycles. The summed E-state index contributed by atoms with van der Waals surface area (Å²) in [4.78, 5) is 37.2. The number of halogens is 2. The van der Waals surface area contributed by atoms with Crippen molar-refractivity contribution in [2.45, 2.75) is 38.9 Å². The molecule has 10 nitrogen and oxygen atoms in total. The Kier molecular flexibility index (Phi) is 10.4. The molecule has 2 aromatic rings. The van der Waals surface area contributed by atoms with E-state index in [2.05, 4.69) is 31.1 Å². The monoisotopic (exact) mass is 637 g/mol. The molecule has 2 unspecified atom stereocenters. The van der Waals surface area contributed by atoms with E-state index in [9.17, 15) is 14.0 Å². The largest absolute Gasteiger partial charge is 0.463 e. The summed E-state index contributed by atoms with van der Waals surface area (Å²) in [6.45, 7) is 7.34. The van der Waals surface area contributed by atoms with Crippen LogP contribution in [0.15, 0.2) is 50.5 Å². The van der Waals surface area contributed by atoms with Crippen molar-refractivity contribution in [3.05, 3.63) is 61.9 Å². The van der Waals surface area contributed by atoms with Crippen LogP contribution >= 0.6 is 27.3 Å². The van der Waals surface area contributed by atoms with Crippen LogP contribution in [0.4, 0.5) is 4.39 Å². The topological polar surface area (TPSA) is 128 Å². The highest BCUT2D eigenvalue weighted by Crippen LogP contribution is 2.37. The number of esters is 2. The summed E-state index contributed by atoms with van der Waals surface area (Å²) in [5, 5.41) is 5.79. The number of carbonyl (C=O) groups excluding carboxylic acids is 2. The molecule has 0 bridgehead atoms. The van der Waals surface area contributed by atoms with E-state index in [1.54, 1.807) is 19.2 Å². The number of thiazole rings is 1. The second-order valence-electron chi connectivity index (χ2n) is 9.72. The van der Waals surface area contributed by atoms with Crippen LogP contribution in [0, 0.1) is 11.7 Å². The van der Waals surface area contributed by atoms with Crippen molar-refractivity contribution in [1.82, 2.24) is 15.2 Å². The molecular formula is C27H33BrFN5O5S. The molecule has 1 saturated heterocycles. The smallest absolute Gasteiger partial charge is 0.338 e. The lowest BCUT2D eigenvalue weighted by molar-refractivity contribution is -0.150. The second kappa shape index (κ2) is 13.8. The van der Waals surface area contributed by atoms with E-state index < -0.39 is 29.8 Å². The Bertz CT molecular complexity index is 1270. The number of hydrogen-bond acceptors (Lipinski definition) is 11. The fraction of sp³-hybridized carbons (Fsp3) is 0.481. The number of nitrogens with zero attached hydrogens (tertiary/aromatic N) is 3. The summed E-state index contributed by atoms with van der Waals surface area (Å²) in [6, 6.07) is 2.50. The molecule has 0 spiro atoms. The van der Waals surface area contributed by atoms with Gasteiger partial charge in [0.25, 0.3) is 0 Å². The van der Waals surface area contributed by atoms with Crippen molar-refractivity contribution in [2.24, 2.45) is 16.6 Å². The van der Waals surface area contributed by atoms with Gasteiger partial charge in [0, 0.05) is 34.8 Å². The molecular weight excluding hydrogens is 605 g/mol. The van der Waals surface area contributed by atoms with Gasteiger partial charge >= 0.3 is 11.9 Å². The number of aliphatic imine (C=N–C) groups is 1. The Labute approximate surface area is 244 Å². The molecule has 2 aliphatic rings. The normalized spacial score (nSPS) is 20.6. The molecule has 0 radical (unpaired) electrons. The zero-order chi connectivity index (χ0) is 28.8. The van der Waals surface area contributed by atoms with Crippen LogP contribution in [0.5, 0.6) is 0 Å². The molecule has 0 amide bonds. The summed E-state index contributed by atoms with van der Waals surface area (Å²) >= 11 is 4.85. The Morgan fingerprint density at radius 2 is 2.15 bits per heavy atom. The number of hydrogen-bond donors (Lipinski definition) is 2. The highest BCUT2D eigenvalue weighted by Gasteiger charge is 2.36. The first-order valence-corrected chi connectivity index (χ1v) is 14.7. The van der Waals surface area contributed by atoms with Gasteiger partial charge in [0.05, 0.1) is 31.4 Å². The minimum Gasteiger partial charge on any atom is -0.463 e.